The highest BCUT2D eigenvalue weighted by molar-refractivity contribution is 4.81. The van der Waals surface area contributed by atoms with Gasteiger partial charge in [0.25, 0.3) is 0 Å². The minimum Gasteiger partial charge on any atom is -0.311 e. The second kappa shape index (κ2) is 7.45. The Kier molecular flexibility index (Phi) is 6.22. The maximum atomic E-state index is 4.25. The van der Waals surface area contributed by atoms with E-state index in [0.29, 0.717) is 12.1 Å². The van der Waals surface area contributed by atoms with Crippen molar-refractivity contribution in [3.63, 3.8) is 0 Å². The van der Waals surface area contributed by atoms with E-state index in [1.54, 1.807) is 0 Å². The molecule has 1 aromatic rings. The normalized spacial score (nSPS) is 15.1. The van der Waals surface area contributed by atoms with Crippen molar-refractivity contribution in [2.45, 2.75) is 39.8 Å². The predicted molar refractivity (Wildman–Crippen MR) is 72.2 cm³/mol. The van der Waals surface area contributed by atoms with Gasteiger partial charge in [0.1, 0.15) is 0 Å². The lowest BCUT2D eigenvalue weighted by atomic mass is 10.2. The van der Waals surface area contributed by atoms with Crippen molar-refractivity contribution < 1.29 is 0 Å². The fourth-order valence-electron chi connectivity index (χ4n) is 1.94. The first-order valence-corrected chi connectivity index (χ1v) is 6.62. The minimum absolute atomic E-state index is 0.407. The van der Waals surface area contributed by atoms with Gasteiger partial charge in [0.2, 0.25) is 0 Å². The van der Waals surface area contributed by atoms with Crippen LogP contribution < -0.4 is 5.32 Å². The molecule has 4 heteroatoms. The molecule has 0 amide bonds. The summed E-state index contributed by atoms with van der Waals surface area (Å²) in [4.78, 5) is 2.44. The molecule has 98 valence electrons. The number of hydrogen-bond acceptors (Lipinski definition) is 3. The molecule has 0 fully saturated rings. The first kappa shape index (κ1) is 14.2. The molecule has 0 saturated heterocycles. The summed E-state index contributed by atoms with van der Waals surface area (Å²) >= 11 is 0. The smallest absolute Gasteiger partial charge is 0.0615 e. The predicted octanol–water partition coefficient (Wildman–Crippen LogP) is 1.76. The number of rotatable bonds is 8. The molecule has 1 aromatic heterocycles. The molecule has 1 rings (SSSR count). The van der Waals surface area contributed by atoms with Crippen molar-refractivity contribution in [3.05, 3.63) is 18.5 Å². The monoisotopic (exact) mass is 238 g/mol. The molecule has 1 heterocycles. The Hall–Kier alpha value is -0.870. The molecule has 0 bridgehead atoms. The Morgan fingerprint density at radius 1 is 1.29 bits per heavy atom. The van der Waals surface area contributed by atoms with Gasteiger partial charge in [-0.1, -0.05) is 13.8 Å². The largest absolute Gasteiger partial charge is 0.311 e. The molecule has 2 atom stereocenters. The molecule has 2 unspecified atom stereocenters. The molecule has 17 heavy (non-hydrogen) atoms. The first-order valence-electron chi connectivity index (χ1n) is 6.62. The third kappa shape index (κ3) is 4.88. The van der Waals surface area contributed by atoms with Crippen molar-refractivity contribution in [2.75, 3.05) is 26.2 Å². The van der Waals surface area contributed by atoms with Crippen LogP contribution in [0.3, 0.4) is 0 Å². The van der Waals surface area contributed by atoms with Crippen LogP contribution in [0.4, 0.5) is 0 Å². The Morgan fingerprint density at radius 2 is 2.00 bits per heavy atom. The quantitative estimate of drug-likeness (QED) is 0.749. The molecule has 0 aliphatic heterocycles. The van der Waals surface area contributed by atoms with E-state index in [0.717, 1.165) is 26.2 Å². The second-order valence-electron chi connectivity index (χ2n) is 4.63. The number of hydrogen-bond donors (Lipinski definition) is 1. The maximum absolute atomic E-state index is 4.25. The average molecular weight is 238 g/mol. The van der Waals surface area contributed by atoms with Crippen LogP contribution >= 0.6 is 0 Å². The van der Waals surface area contributed by atoms with Gasteiger partial charge in [-0.2, -0.15) is 5.10 Å². The van der Waals surface area contributed by atoms with Crippen LogP contribution in [-0.4, -0.2) is 46.9 Å². The number of nitrogens with one attached hydrogen (secondary N) is 1. The molecule has 0 aromatic carbocycles. The topological polar surface area (TPSA) is 33.1 Å². The molecule has 0 spiro atoms. The standard InChI is InChI=1S/C13H26N4/c1-5-16(6-2)11-12(3)14-10-13(4)17-9-7-8-15-17/h7-9,12-14H,5-6,10-11H2,1-4H3. The van der Waals surface area contributed by atoms with Crippen LogP contribution in [0.2, 0.25) is 0 Å². The lowest BCUT2D eigenvalue weighted by Gasteiger charge is -2.24. The summed E-state index contributed by atoms with van der Waals surface area (Å²) in [5.74, 6) is 0. The van der Waals surface area contributed by atoms with E-state index in [-0.39, 0.29) is 0 Å². The Bertz CT molecular complexity index is 280. The van der Waals surface area contributed by atoms with E-state index in [4.69, 9.17) is 0 Å². The number of aromatic nitrogens is 2. The van der Waals surface area contributed by atoms with Crippen LogP contribution in [0, 0.1) is 0 Å². The van der Waals surface area contributed by atoms with Gasteiger partial charge in [-0.3, -0.25) is 4.68 Å². The van der Waals surface area contributed by atoms with E-state index in [2.05, 4.69) is 43.0 Å². The SMILES string of the molecule is CCN(CC)CC(C)NCC(C)n1cccn1. The summed E-state index contributed by atoms with van der Waals surface area (Å²) in [6.07, 6.45) is 3.84. The highest BCUT2D eigenvalue weighted by Gasteiger charge is 2.09. The zero-order valence-corrected chi connectivity index (χ0v) is 11.6. The van der Waals surface area contributed by atoms with Gasteiger partial charge in [-0.05, 0) is 33.0 Å². The zero-order chi connectivity index (χ0) is 12.7. The van der Waals surface area contributed by atoms with Gasteiger partial charge in [-0.25, -0.2) is 0 Å². The van der Waals surface area contributed by atoms with Crippen molar-refractivity contribution in [3.8, 4) is 0 Å². The summed E-state index contributed by atoms with van der Waals surface area (Å²) in [5, 5.41) is 7.82. The Morgan fingerprint density at radius 3 is 2.53 bits per heavy atom. The van der Waals surface area contributed by atoms with Gasteiger partial charge in [-0.15, -0.1) is 0 Å². The third-order valence-corrected chi connectivity index (χ3v) is 3.16. The summed E-state index contributed by atoms with van der Waals surface area (Å²) in [5.41, 5.74) is 0. The fraction of sp³-hybridized carbons (Fsp3) is 0.769. The number of nitrogens with zero attached hydrogens (tertiary/aromatic N) is 3. The Labute approximate surface area is 105 Å². The molecule has 4 nitrogen and oxygen atoms in total. The lowest BCUT2D eigenvalue weighted by molar-refractivity contribution is 0.266. The third-order valence-electron chi connectivity index (χ3n) is 3.16. The zero-order valence-electron chi connectivity index (χ0n) is 11.6. The molecule has 1 N–H and O–H groups in total. The Balaban J connectivity index is 2.25. The van der Waals surface area contributed by atoms with Crippen LogP contribution in [-0.2, 0) is 0 Å². The van der Waals surface area contributed by atoms with Crippen molar-refractivity contribution >= 4 is 0 Å². The van der Waals surface area contributed by atoms with E-state index in [9.17, 15) is 0 Å². The summed E-state index contributed by atoms with van der Waals surface area (Å²) in [6.45, 7) is 13.2. The van der Waals surface area contributed by atoms with Crippen molar-refractivity contribution in [1.29, 1.82) is 0 Å². The highest BCUT2D eigenvalue weighted by Crippen LogP contribution is 2.02. The van der Waals surface area contributed by atoms with Crippen LogP contribution in [0.15, 0.2) is 18.5 Å². The fourth-order valence-corrected chi connectivity index (χ4v) is 1.94. The average Bonchev–Trinajstić information content (AvgIpc) is 2.86. The van der Waals surface area contributed by atoms with E-state index in [1.165, 1.54) is 0 Å². The van der Waals surface area contributed by atoms with E-state index in [1.807, 2.05) is 23.1 Å². The van der Waals surface area contributed by atoms with Gasteiger partial charge >= 0.3 is 0 Å². The summed E-state index contributed by atoms with van der Waals surface area (Å²) < 4.78 is 2.00. The molecule has 0 saturated carbocycles. The van der Waals surface area contributed by atoms with Crippen molar-refractivity contribution in [2.24, 2.45) is 0 Å². The molecular weight excluding hydrogens is 212 g/mol. The van der Waals surface area contributed by atoms with Gasteiger partial charge in [0, 0.05) is 31.5 Å². The van der Waals surface area contributed by atoms with Gasteiger partial charge < -0.3 is 10.2 Å². The first-order chi connectivity index (χ1) is 8.17. The maximum Gasteiger partial charge on any atom is 0.0615 e. The molecule has 0 aliphatic rings. The van der Waals surface area contributed by atoms with E-state index < -0.39 is 0 Å². The number of likely N-dealkylation sites (N-methyl/N-ethyl adjacent to an activating group) is 1. The minimum atomic E-state index is 0.407. The van der Waals surface area contributed by atoms with Crippen LogP contribution in [0.25, 0.3) is 0 Å². The van der Waals surface area contributed by atoms with Gasteiger partial charge in [0.15, 0.2) is 0 Å². The molecular formula is C13H26N4. The second-order valence-corrected chi connectivity index (χ2v) is 4.63. The summed E-state index contributed by atoms with van der Waals surface area (Å²) in [6, 6.07) is 2.90. The van der Waals surface area contributed by atoms with Crippen molar-refractivity contribution in [1.82, 2.24) is 20.0 Å². The van der Waals surface area contributed by atoms with E-state index >= 15 is 0 Å². The highest BCUT2D eigenvalue weighted by atomic mass is 15.3. The molecule has 0 aliphatic carbocycles. The van der Waals surface area contributed by atoms with Gasteiger partial charge in [0.05, 0.1) is 6.04 Å². The lowest BCUT2D eigenvalue weighted by Crippen LogP contribution is -2.41. The molecule has 0 radical (unpaired) electrons. The summed E-state index contributed by atoms with van der Waals surface area (Å²) in [7, 11) is 0. The van der Waals surface area contributed by atoms with Crippen LogP contribution in [0.1, 0.15) is 33.7 Å². The van der Waals surface area contributed by atoms with Crippen LogP contribution in [0.5, 0.6) is 0 Å².